The second kappa shape index (κ2) is 10.8. The Balaban J connectivity index is 1.21. The largest absolute Gasteiger partial charge is 0.251 e. The van der Waals surface area contributed by atoms with Crippen LogP contribution in [-0.4, -0.2) is 9.97 Å². The molecule has 2 aromatic heterocycles. The molecule has 0 saturated heterocycles. The molecule has 10 rings (SSSR count). The van der Waals surface area contributed by atoms with E-state index >= 15 is 0 Å². The van der Waals surface area contributed by atoms with Crippen LogP contribution in [0.4, 0.5) is 0 Å². The van der Waals surface area contributed by atoms with Gasteiger partial charge in [0.2, 0.25) is 0 Å². The molecule has 51 heavy (non-hydrogen) atoms. The molecule has 0 unspecified atom stereocenters. The summed E-state index contributed by atoms with van der Waals surface area (Å²) < 4.78 is 0. The summed E-state index contributed by atoms with van der Waals surface area (Å²) in [6.45, 7) is 9.00. The van der Waals surface area contributed by atoms with Gasteiger partial charge in [0.15, 0.2) is 0 Å². The average Bonchev–Trinajstić information content (AvgIpc) is 3.47. The lowest BCUT2D eigenvalue weighted by Crippen LogP contribution is -2.40. The first-order chi connectivity index (χ1) is 24.9. The van der Waals surface area contributed by atoms with Crippen molar-refractivity contribution in [1.29, 1.82) is 0 Å². The number of fused-ring (bicyclic) bond motifs is 12. The van der Waals surface area contributed by atoms with Crippen LogP contribution in [0.2, 0.25) is 0 Å². The number of rotatable bonds is 3. The van der Waals surface area contributed by atoms with Crippen LogP contribution in [0.5, 0.6) is 0 Å². The molecule has 0 aliphatic heterocycles. The summed E-state index contributed by atoms with van der Waals surface area (Å²) in [5, 5.41) is 2.26. The zero-order chi connectivity index (χ0) is 34.5. The summed E-state index contributed by atoms with van der Waals surface area (Å²) in [5.74, 6) is 0. The van der Waals surface area contributed by atoms with Crippen LogP contribution >= 0.6 is 0 Å². The van der Waals surface area contributed by atoms with Crippen LogP contribution in [0.1, 0.15) is 65.5 Å². The number of pyridine rings is 2. The van der Waals surface area contributed by atoms with Crippen LogP contribution in [0.25, 0.3) is 55.2 Å². The summed E-state index contributed by atoms with van der Waals surface area (Å²) >= 11 is 0. The number of hydrogen-bond donors (Lipinski definition) is 0. The lowest BCUT2D eigenvalue weighted by molar-refractivity contribution is 0.563. The van der Waals surface area contributed by atoms with Gasteiger partial charge in [-0.2, -0.15) is 0 Å². The third-order valence-electron chi connectivity index (χ3n) is 11.8. The molecule has 8 aromatic rings. The molecule has 1 spiro atoms. The van der Waals surface area contributed by atoms with Gasteiger partial charge in [0, 0.05) is 27.6 Å². The highest BCUT2D eigenvalue weighted by atomic mass is 14.8. The fourth-order valence-electron chi connectivity index (χ4n) is 9.35. The van der Waals surface area contributed by atoms with E-state index in [1.54, 1.807) is 0 Å². The molecular weight excluding hydrogens is 617 g/mol. The number of aryl methyl sites for hydroxylation is 2. The molecule has 0 radical (unpaired) electrons. The van der Waals surface area contributed by atoms with Gasteiger partial charge in [-0.15, -0.1) is 0 Å². The number of nitrogens with zero attached hydrogens (tertiary/aromatic N) is 2. The van der Waals surface area contributed by atoms with E-state index in [2.05, 4.69) is 173 Å². The van der Waals surface area contributed by atoms with Crippen LogP contribution in [0, 0.1) is 6.92 Å². The Bertz CT molecular complexity index is 2680. The van der Waals surface area contributed by atoms with E-state index < -0.39 is 5.41 Å². The summed E-state index contributed by atoms with van der Waals surface area (Å²) in [4.78, 5) is 10.1. The Labute approximate surface area is 299 Å². The molecule has 0 fully saturated rings. The van der Waals surface area contributed by atoms with Crippen molar-refractivity contribution < 1.29 is 0 Å². The van der Waals surface area contributed by atoms with E-state index in [4.69, 9.17) is 9.97 Å². The fraction of sp³-hybridized carbons (Fsp3) is 0.143. The van der Waals surface area contributed by atoms with E-state index in [0.717, 1.165) is 39.6 Å². The van der Waals surface area contributed by atoms with Crippen molar-refractivity contribution in [2.24, 2.45) is 0 Å². The average molecular weight is 655 g/mol. The van der Waals surface area contributed by atoms with Gasteiger partial charge in [0.25, 0.3) is 0 Å². The molecule has 2 nitrogen and oxygen atoms in total. The molecule has 0 bridgehead atoms. The SMILES string of the molecule is CCc1cc(-c2cccc(-c3ccc4c(c3)C3(c5ccccc5-4)c4ccccc4C(C)(C)c4ccccc43)c2)c2ccc3ccc(C)nc3c2n1. The van der Waals surface area contributed by atoms with E-state index in [9.17, 15) is 0 Å². The van der Waals surface area contributed by atoms with Gasteiger partial charge in [-0.25, -0.2) is 0 Å². The molecule has 244 valence electrons. The maximum atomic E-state index is 5.12. The lowest BCUT2D eigenvalue weighted by atomic mass is 9.55. The van der Waals surface area contributed by atoms with Crippen LogP contribution in [-0.2, 0) is 17.3 Å². The molecule has 0 N–H and O–H groups in total. The van der Waals surface area contributed by atoms with Crippen molar-refractivity contribution in [2.75, 3.05) is 0 Å². The molecule has 6 aromatic carbocycles. The Morgan fingerprint density at radius 2 is 1.10 bits per heavy atom. The van der Waals surface area contributed by atoms with Crippen molar-refractivity contribution in [1.82, 2.24) is 9.97 Å². The molecule has 2 heteroatoms. The number of hydrogen-bond acceptors (Lipinski definition) is 2. The van der Waals surface area contributed by atoms with E-state index in [1.165, 1.54) is 66.8 Å². The highest BCUT2D eigenvalue weighted by Gasteiger charge is 2.53. The van der Waals surface area contributed by atoms with Crippen molar-refractivity contribution in [3.63, 3.8) is 0 Å². The lowest BCUT2D eigenvalue weighted by Gasteiger charge is -2.46. The molecule has 0 saturated carbocycles. The summed E-state index contributed by atoms with van der Waals surface area (Å²) in [6, 6.07) is 54.6. The van der Waals surface area contributed by atoms with E-state index in [-0.39, 0.29) is 5.41 Å². The summed E-state index contributed by atoms with van der Waals surface area (Å²) in [7, 11) is 0. The van der Waals surface area contributed by atoms with Gasteiger partial charge >= 0.3 is 0 Å². The van der Waals surface area contributed by atoms with Crippen LogP contribution in [0.3, 0.4) is 0 Å². The minimum atomic E-state index is -0.411. The van der Waals surface area contributed by atoms with Gasteiger partial charge < -0.3 is 0 Å². The third kappa shape index (κ3) is 4.11. The topological polar surface area (TPSA) is 25.8 Å². The standard InChI is InChI=1S/C49H38N2/c1-5-35-29-39(38-26-23-31-22-21-30(2)50-46(31)47(38)51-35)34-14-12-13-32(27-34)33-24-25-37-36-15-6-7-16-40(36)49(45(37)28-33)43-19-10-8-17-41(43)48(3,4)42-18-9-11-20-44(42)49/h6-29H,5H2,1-4H3. The first kappa shape index (κ1) is 30.0. The van der Waals surface area contributed by atoms with Gasteiger partial charge in [0.1, 0.15) is 0 Å². The summed E-state index contributed by atoms with van der Waals surface area (Å²) in [6.07, 6.45) is 0.859. The second-order valence-electron chi connectivity index (χ2n) is 14.9. The zero-order valence-corrected chi connectivity index (χ0v) is 29.5. The Kier molecular flexibility index (Phi) is 6.36. The highest BCUT2D eigenvalue weighted by molar-refractivity contribution is 6.08. The molecule has 0 amide bonds. The van der Waals surface area contributed by atoms with Gasteiger partial charge in [-0.05, 0) is 104 Å². The van der Waals surface area contributed by atoms with Gasteiger partial charge in [0.05, 0.1) is 16.4 Å². The van der Waals surface area contributed by atoms with Crippen molar-refractivity contribution >= 4 is 21.8 Å². The number of aromatic nitrogens is 2. The summed E-state index contributed by atoms with van der Waals surface area (Å²) in [5.41, 5.74) is 19.3. The molecule has 2 aliphatic carbocycles. The maximum Gasteiger partial charge on any atom is 0.0974 e. The monoisotopic (exact) mass is 654 g/mol. The highest BCUT2D eigenvalue weighted by Crippen LogP contribution is 2.62. The van der Waals surface area contributed by atoms with Crippen molar-refractivity contribution in [2.45, 2.75) is 44.9 Å². The minimum absolute atomic E-state index is 0.119. The molecular formula is C49H38N2. The molecule has 0 atom stereocenters. The Morgan fingerprint density at radius 1 is 0.471 bits per heavy atom. The van der Waals surface area contributed by atoms with E-state index in [0.29, 0.717) is 0 Å². The third-order valence-corrected chi connectivity index (χ3v) is 11.8. The molecule has 2 aliphatic rings. The maximum absolute atomic E-state index is 5.12. The predicted molar refractivity (Wildman–Crippen MR) is 211 cm³/mol. The minimum Gasteiger partial charge on any atom is -0.251 e. The normalized spacial score (nSPS) is 14.7. The second-order valence-corrected chi connectivity index (χ2v) is 14.9. The first-order valence-electron chi connectivity index (χ1n) is 18.1. The Morgan fingerprint density at radius 3 is 1.84 bits per heavy atom. The quantitative estimate of drug-likeness (QED) is 0.177. The smallest absolute Gasteiger partial charge is 0.0974 e. The fourth-order valence-corrected chi connectivity index (χ4v) is 9.35. The number of benzene rings is 6. The zero-order valence-electron chi connectivity index (χ0n) is 29.5. The first-order valence-corrected chi connectivity index (χ1v) is 18.1. The predicted octanol–water partition coefficient (Wildman–Crippen LogP) is 12.0. The van der Waals surface area contributed by atoms with Crippen LogP contribution < -0.4 is 0 Å². The molecule has 2 heterocycles. The van der Waals surface area contributed by atoms with E-state index in [1.807, 2.05) is 0 Å². The van der Waals surface area contributed by atoms with Crippen LogP contribution in [0.15, 0.2) is 146 Å². The Hall–Kier alpha value is -5.86. The van der Waals surface area contributed by atoms with Gasteiger partial charge in [-0.1, -0.05) is 142 Å². The van der Waals surface area contributed by atoms with Crippen molar-refractivity contribution in [3.05, 3.63) is 190 Å². The van der Waals surface area contributed by atoms with Gasteiger partial charge in [-0.3, -0.25) is 9.97 Å². The van der Waals surface area contributed by atoms with Crippen molar-refractivity contribution in [3.8, 4) is 33.4 Å².